The number of piperidine rings is 1. The summed E-state index contributed by atoms with van der Waals surface area (Å²) in [5.74, 6) is 1.36. The maximum atomic E-state index is 12.5. The van der Waals surface area contributed by atoms with Crippen molar-refractivity contribution in [1.82, 2.24) is 14.9 Å². The van der Waals surface area contributed by atoms with Crippen LogP contribution in [-0.4, -0.2) is 58.7 Å². The average molecular weight is 304 g/mol. The van der Waals surface area contributed by atoms with E-state index >= 15 is 0 Å². The summed E-state index contributed by atoms with van der Waals surface area (Å²) in [5.41, 5.74) is 0. The number of carbonyl (C=O) groups is 1. The number of aliphatic hydroxyl groups is 1. The normalized spacial score (nSPS) is 20.7. The van der Waals surface area contributed by atoms with Crippen LogP contribution in [0.25, 0.3) is 0 Å². The first-order chi connectivity index (χ1) is 10.6. The van der Waals surface area contributed by atoms with Gasteiger partial charge in [0.05, 0.1) is 6.10 Å². The molecule has 2 heterocycles. The van der Waals surface area contributed by atoms with E-state index in [9.17, 15) is 9.90 Å². The van der Waals surface area contributed by atoms with Gasteiger partial charge in [0.1, 0.15) is 0 Å². The highest BCUT2D eigenvalue weighted by Crippen LogP contribution is 2.33. The number of hydrogen-bond donors (Lipinski definition) is 1. The van der Waals surface area contributed by atoms with E-state index in [4.69, 9.17) is 0 Å². The molecule has 1 aromatic heterocycles. The van der Waals surface area contributed by atoms with Crippen LogP contribution in [0.2, 0.25) is 0 Å². The second-order valence-corrected chi connectivity index (χ2v) is 6.43. The molecular formula is C16H24N4O2. The number of amides is 1. The Bertz CT molecular complexity index is 498. The van der Waals surface area contributed by atoms with Gasteiger partial charge >= 0.3 is 0 Å². The average Bonchev–Trinajstić information content (AvgIpc) is 3.40. The van der Waals surface area contributed by atoms with Gasteiger partial charge in [0.2, 0.25) is 11.9 Å². The highest BCUT2D eigenvalue weighted by molar-refractivity contribution is 5.79. The largest absolute Gasteiger partial charge is 0.391 e. The second kappa shape index (κ2) is 6.60. The van der Waals surface area contributed by atoms with Crippen molar-refractivity contribution in [2.75, 3.05) is 31.6 Å². The van der Waals surface area contributed by atoms with E-state index in [1.54, 1.807) is 30.4 Å². The van der Waals surface area contributed by atoms with E-state index in [1.165, 1.54) is 0 Å². The third kappa shape index (κ3) is 3.55. The minimum absolute atomic E-state index is 0.0522. The lowest BCUT2D eigenvalue weighted by Crippen LogP contribution is -2.44. The summed E-state index contributed by atoms with van der Waals surface area (Å²) >= 11 is 0. The molecule has 1 atom stereocenters. The van der Waals surface area contributed by atoms with Crippen molar-refractivity contribution in [2.24, 2.45) is 11.8 Å². The van der Waals surface area contributed by atoms with E-state index in [0.717, 1.165) is 44.7 Å². The molecule has 1 aliphatic carbocycles. The van der Waals surface area contributed by atoms with Gasteiger partial charge in [-0.2, -0.15) is 0 Å². The fourth-order valence-electron chi connectivity index (χ4n) is 3.09. The van der Waals surface area contributed by atoms with Crippen molar-refractivity contribution in [1.29, 1.82) is 0 Å². The lowest BCUT2D eigenvalue weighted by Gasteiger charge is -2.33. The van der Waals surface area contributed by atoms with Gasteiger partial charge in [0.15, 0.2) is 0 Å². The van der Waals surface area contributed by atoms with E-state index < -0.39 is 0 Å². The molecular weight excluding hydrogens is 280 g/mol. The van der Waals surface area contributed by atoms with E-state index in [2.05, 4.69) is 14.9 Å². The Balaban J connectivity index is 1.49. The lowest BCUT2D eigenvalue weighted by molar-refractivity contribution is -0.136. The third-order valence-corrected chi connectivity index (χ3v) is 4.68. The van der Waals surface area contributed by atoms with Crippen LogP contribution in [0.4, 0.5) is 5.95 Å². The standard InChI is InChI=1S/C16H24N4O2/c1-19(11-14(21)12-3-4-12)15(22)13-5-9-20(10-6-13)16-17-7-2-8-18-16/h2,7-8,12-14,21H,3-6,9-11H2,1H3. The Labute approximate surface area is 131 Å². The molecule has 0 bridgehead atoms. The molecule has 1 saturated carbocycles. The van der Waals surface area contributed by atoms with Gasteiger partial charge < -0.3 is 14.9 Å². The Kier molecular flexibility index (Phi) is 4.57. The highest BCUT2D eigenvalue weighted by atomic mass is 16.3. The van der Waals surface area contributed by atoms with Crippen molar-refractivity contribution >= 4 is 11.9 Å². The Hall–Kier alpha value is -1.69. The van der Waals surface area contributed by atoms with Crippen LogP contribution in [0, 0.1) is 11.8 Å². The number of carbonyl (C=O) groups excluding carboxylic acids is 1. The number of aliphatic hydroxyl groups excluding tert-OH is 1. The zero-order valence-electron chi connectivity index (χ0n) is 13.1. The van der Waals surface area contributed by atoms with Crippen LogP contribution in [0.1, 0.15) is 25.7 Å². The number of hydrogen-bond acceptors (Lipinski definition) is 5. The van der Waals surface area contributed by atoms with Gasteiger partial charge in [-0.15, -0.1) is 0 Å². The number of rotatable bonds is 5. The predicted octanol–water partition coefficient (Wildman–Crippen LogP) is 0.922. The summed E-state index contributed by atoms with van der Waals surface area (Å²) in [4.78, 5) is 24.8. The Morgan fingerprint density at radius 2 is 1.95 bits per heavy atom. The first-order valence-electron chi connectivity index (χ1n) is 8.10. The van der Waals surface area contributed by atoms with Gasteiger partial charge in [-0.25, -0.2) is 9.97 Å². The maximum Gasteiger partial charge on any atom is 0.225 e. The molecule has 3 rings (SSSR count). The van der Waals surface area contributed by atoms with Gasteiger partial charge in [-0.3, -0.25) is 4.79 Å². The minimum atomic E-state index is -0.355. The number of anilines is 1. The molecule has 0 aromatic carbocycles. The molecule has 0 spiro atoms. The Morgan fingerprint density at radius 1 is 1.32 bits per heavy atom. The van der Waals surface area contributed by atoms with Gasteiger partial charge in [-0.1, -0.05) is 0 Å². The summed E-state index contributed by atoms with van der Waals surface area (Å²) < 4.78 is 0. The Morgan fingerprint density at radius 3 is 2.55 bits per heavy atom. The number of likely N-dealkylation sites (N-methyl/N-ethyl adjacent to an activating group) is 1. The summed E-state index contributed by atoms with van der Waals surface area (Å²) in [6, 6.07) is 1.81. The third-order valence-electron chi connectivity index (χ3n) is 4.68. The van der Waals surface area contributed by atoms with Gasteiger partial charge in [-0.05, 0) is 37.7 Å². The first kappa shape index (κ1) is 15.2. The summed E-state index contributed by atoms with van der Waals surface area (Å²) in [6.45, 7) is 2.07. The molecule has 1 saturated heterocycles. The minimum Gasteiger partial charge on any atom is -0.391 e. The van der Waals surface area contributed by atoms with Crippen LogP contribution in [0.5, 0.6) is 0 Å². The smallest absolute Gasteiger partial charge is 0.225 e. The zero-order valence-corrected chi connectivity index (χ0v) is 13.1. The van der Waals surface area contributed by atoms with Crippen LogP contribution in [0.3, 0.4) is 0 Å². The molecule has 22 heavy (non-hydrogen) atoms. The van der Waals surface area contributed by atoms with Crippen LogP contribution in [0.15, 0.2) is 18.5 Å². The van der Waals surface area contributed by atoms with Crippen molar-refractivity contribution in [3.63, 3.8) is 0 Å². The molecule has 0 radical (unpaired) electrons. The van der Waals surface area contributed by atoms with E-state index in [0.29, 0.717) is 12.5 Å². The quantitative estimate of drug-likeness (QED) is 0.876. The molecule has 1 aromatic rings. The maximum absolute atomic E-state index is 12.5. The van der Waals surface area contributed by atoms with Crippen molar-refractivity contribution in [3.05, 3.63) is 18.5 Å². The number of nitrogens with zero attached hydrogens (tertiary/aromatic N) is 4. The molecule has 1 amide bonds. The molecule has 1 unspecified atom stereocenters. The molecule has 6 nitrogen and oxygen atoms in total. The topological polar surface area (TPSA) is 69.6 Å². The van der Waals surface area contributed by atoms with Gasteiger partial charge in [0.25, 0.3) is 0 Å². The van der Waals surface area contributed by atoms with Crippen LogP contribution >= 0.6 is 0 Å². The molecule has 6 heteroatoms. The summed E-state index contributed by atoms with van der Waals surface area (Å²) in [7, 11) is 1.81. The summed E-state index contributed by atoms with van der Waals surface area (Å²) in [6.07, 6.45) is 6.96. The fourth-order valence-corrected chi connectivity index (χ4v) is 3.09. The van der Waals surface area contributed by atoms with E-state index in [-0.39, 0.29) is 17.9 Å². The molecule has 1 N–H and O–H groups in total. The van der Waals surface area contributed by atoms with Crippen molar-refractivity contribution in [3.8, 4) is 0 Å². The molecule has 1 aliphatic heterocycles. The predicted molar refractivity (Wildman–Crippen MR) is 83.3 cm³/mol. The molecule has 2 fully saturated rings. The molecule has 2 aliphatic rings. The van der Waals surface area contributed by atoms with Gasteiger partial charge in [0, 0.05) is 45.0 Å². The highest BCUT2D eigenvalue weighted by Gasteiger charge is 2.33. The van der Waals surface area contributed by atoms with E-state index in [1.807, 2.05) is 0 Å². The van der Waals surface area contributed by atoms with Crippen LogP contribution in [-0.2, 0) is 4.79 Å². The zero-order chi connectivity index (χ0) is 15.5. The lowest BCUT2D eigenvalue weighted by atomic mass is 9.95. The fraction of sp³-hybridized carbons (Fsp3) is 0.688. The number of aromatic nitrogens is 2. The molecule has 120 valence electrons. The second-order valence-electron chi connectivity index (χ2n) is 6.43. The van der Waals surface area contributed by atoms with Crippen LogP contribution < -0.4 is 4.90 Å². The summed E-state index contributed by atoms with van der Waals surface area (Å²) in [5, 5.41) is 9.98. The SMILES string of the molecule is CN(CC(O)C1CC1)C(=O)C1CCN(c2ncccn2)CC1. The van der Waals surface area contributed by atoms with Crippen molar-refractivity contribution < 1.29 is 9.90 Å². The van der Waals surface area contributed by atoms with Crippen molar-refractivity contribution in [2.45, 2.75) is 31.8 Å². The first-order valence-corrected chi connectivity index (χ1v) is 8.10. The monoisotopic (exact) mass is 304 g/mol.